The van der Waals surface area contributed by atoms with Crippen molar-refractivity contribution in [1.82, 2.24) is 0 Å². The second-order valence-corrected chi connectivity index (χ2v) is 7.27. The number of halogens is 3. The Morgan fingerprint density at radius 2 is 1.57 bits per heavy atom. The first kappa shape index (κ1) is 21.4. The molecule has 2 aliphatic rings. The van der Waals surface area contributed by atoms with Crippen LogP contribution in [0.15, 0.2) is 24.3 Å². The van der Waals surface area contributed by atoms with E-state index in [1.54, 1.807) is 0 Å². The summed E-state index contributed by atoms with van der Waals surface area (Å²) in [6.45, 7) is 4.36. The van der Waals surface area contributed by atoms with Crippen LogP contribution in [-0.4, -0.2) is 39.1 Å². The van der Waals surface area contributed by atoms with E-state index in [9.17, 15) is 13.2 Å². The van der Waals surface area contributed by atoms with Crippen molar-refractivity contribution < 1.29 is 36.9 Å². The highest BCUT2D eigenvalue weighted by atomic mass is 19.4. The number of alkyl halides is 3. The van der Waals surface area contributed by atoms with Crippen molar-refractivity contribution in [2.75, 3.05) is 26.4 Å². The van der Waals surface area contributed by atoms with Crippen molar-refractivity contribution in [1.29, 1.82) is 0 Å². The van der Waals surface area contributed by atoms with Gasteiger partial charge in [0.25, 0.3) is 0 Å². The van der Waals surface area contributed by atoms with Gasteiger partial charge in [-0.1, -0.05) is 38.3 Å². The Labute approximate surface area is 163 Å². The Hall–Kier alpha value is -1.35. The van der Waals surface area contributed by atoms with Crippen molar-refractivity contribution in [2.24, 2.45) is 11.8 Å². The topological polar surface area (TPSA) is 46.2 Å². The molecule has 5 nitrogen and oxygen atoms in total. The molecular weight excluding hydrogens is 377 g/mol. The third-order valence-corrected chi connectivity index (χ3v) is 4.90. The van der Waals surface area contributed by atoms with Crippen molar-refractivity contribution in [3.63, 3.8) is 0 Å². The summed E-state index contributed by atoms with van der Waals surface area (Å²) < 4.78 is 63.7. The standard InChI is InChI=1S/C20H27F3O5/c1-2-3-4-5-14-10-24-19(25-11-14)16-12-26-18(27-13-16)15-6-8-17(9-7-15)28-20(21,22)23/h6-9,14,16,18-19H,2-5,10-13H2,1H3/t14-,16-,18-,19-. The third-order valence-electron chi connectivity index (χ3n) is 4.90. The number of hydrogen-bond donors (Lipinski definition) is 0. The second kappa shape index (κ2) is 9.91. The Kier molecular flexibility index (Phi) is 7.56. The molecule has 2 fully saturated rings. The highest BCUT2D eigenvalue weighted by Gasteiger charge is 2.34. The van der Waals surface area contributed by atoms with Crippen molar-refractivity contribution in [3.8, 4) is 5.75 Å². The first-order valence-corrected chi connectivity index (χ1v) is 9.76. The average Bonchev–Trinajstić information content (AvgIpc) is 2.68. The van der Waals surface area contributed by atoms with Crippen LogP contribution in [0.5, 0.6) is 5.75 Å². The maximum atomic E-state index is 12.2. The molecule has 0 N–H and O–H groups in total. The van der Waals surface area contributed by atoms with E-state index in [2.05, 4.69) is 11.7 Å². The molecule has 0 atom stereocenters. The second-order valence-electron chi connectivity index (χ2n) is 7.27. The van der Waals surface area contributed by atoms with Gasteiger partial charge in [-0.05, 0) is 18.6 Å². The molecule has 8 heteroatoms. The molecule has 2 heterocycles. The molecule has 0 aromatic heterocycles. The molecule has 0 bridgehead atoms. The van der Waals surface area contributed by atoms with E-state index < -0.39 is 12.7 Å². The van der Waals surface area contributed by atoms with Crippen LogP contribution in [0.25, 0.3) is 0 Å². The summed E-state index contributed by atoms with van der Waals surface area (Å²) >= 11 is 0. The molecule has 1 aromatic carbocycles. The molecule has 0 saturated carbocycles. The molecule has 0 aliphatic carbocycles. The summed E-state index contributed by atoms with van der Waals surface area (Å²) in [5.41, 5.74) is 0.634. The maximum Gasteiger partial charge on any atom is 0.573 e. The minimum atomic E-state index is -4.71. The fraction of sp³-hybridized carbons (Fsp3) is 0.700. The van der Waals surface area contributed by atoms with Crippen LogP contribution < -0.4 is 4.74 Å². The summed E-state index contributed by atoms with van der Waals surface area (Å²) in [5, 5.41) is 0. The zero-order chi connectivity index (χ0) is 20.0. The molecule has 0 unspecified atom stereocenters. The predicted octanol–water partition coefficient (Wildman–Crippen LogP) is 4.82. The lowest BCUT2D eigenvalue weighted by Crippen LogP contribution is -2.43. The molecule has 2 saturated heterocycles. The Morgan fingerprint density at radius 3 is 2.14 bits per heavy atom. The molecule has 0 radical (unpaired) electrons. The lowest BCUT2D eigenvalue weighted by atomic mass is 10.0. The molecule has 1 aromatic rings. The van der Waals surface area contributed by atoms with E-state index in [1.165, 1.54) is 43.5 Å². The van der Waals surface area contributed by atoms with Gasteiger partial charge in [-0.2, -0.15) is 0 Å². The van der Waals surface area contributed by atoms with Gasteiger partial charge in [0.2, 0.25) is 0 Å². The van der Waals surface area contributed by atoms with Gasteiger partial charge in [0.1, 0.15) is 5.75 Å². The summed E-state index contributed by atoms with van der Waals surface area (Å²) in [4.78, 5) is 0. The van der Waals surface area contributed by atoms with E-state index in [0.29, 0.717) is 37.9 Å². The third kappa shape index (κ3) is 6.34. The van der Waals surface area contributed by atoms with Crippen LogP contribution in [0.1, 0.15) is 44.5 Å². The van der Waals surface area contributed by atoms with E-state index in [1.807, 2.05) is 0 Å². The quantitative estimate of drug-likeness (QED) is 0.610. The fourth-order valence-electron chi connectivity index (χ4n) is 3.37. The van der Waals surface area contributed by atoms with E-state index in [-0.39, 0.29) is 18.0 Å². The molecule has 158 valence electrons. The average molecular weight is 404 g/mol. The maximum absolute atomic E-state index is 12.2. The highest BCUT2D eigenvalue weighted by Crippen LogP contribution is 2.31. The van der Waals surface area contributed by atoms with Crippen molar-refractivity contribution in [2.45, 2.75) is 51.5 Å². The van der Waals surface area contributed by atoms with Crippen LogP contribution in [0.3, 0.4) is 0 Å². The largest absolute Gasteiger partial charge is 0.573 e. The minimum absolute atomic E-state index is 0.0272. The first-order chi connectivity index (χ1) is 13.4. The van der Waals surface area contributed by atoms with Gasteiger partial charge in [0, 0.05) is 11.5 Å². The Bertz CT molecular complexity index is 576. The normalized spacial score (nSPS) is 28.9. The number of benzene rings is 1. The smallest absolute Gasteiger partial charge is 0.406 e. The number of unbranched alkanes of at least 4 members (excludes halogenated alkanes) is 2. The van der Waals surface area contributed by atoms with Gasteiger partial charge in [-0.25, -0.2) is 0 Å². The Morgan fingerprint density at radius 1 is 0.929 bits per heavy atom. The van der Waals surface area contributed by atoms with Gasteiger partial charge in [0.15, 0.2) is 12.6 Å². The van der Waals surface area contributed by atoms with Gasteiger partial charge in [-0.3, -0.25) is 0 Å². The SMILES string of the molecule is CCCCC[C@H]1CO[C@H]([C@H]2CO[C@H](c3ccc(OC(F)(F)F)cc3)OC2)OC1. The zero-order valence-corrected chi connectivity index (χ0v) is 16.0. The lowest BCUT2D eigenvalue weighted by molar-refractivity contribution is -0.283. The van der Waals surface area contributed by atoms with Gasteiger partial charge in [0.05, 0.1) is 32.3 Å². The molecule has 2 aliphatic heterocycles. The molecule has 0 amide bonds. The molecule has 28 heavy (non-hydrogen) atoms. The van der Waals surface area contributed by atoms with Gasteiger partial charge < -0.3 is 23.7 Å². The van der Waals surface area contributed by atoms with Crippen LogP contribution in [0.2, 0.25) is 0 Å². The van der Waals surface area contributed by atoms with Crippen LogP contribution >= 0.6 is 0 Å². The Balaban J connectivity index is 1.41. The highest BCUT2D eigenvalue weighted by molar-refractivity contribution is 5.28. The lowest BCUT2D eigenvalue weighted by Gasteiger charge is -2.37. The number of hydrogen-bond acceptors (Lipinski definition) is 5. The van der Waals surface area contributed by atoms with E-state index >= 15 is 0 Å². The zero-order valence-electron chi connectivity index (χ0n) is 16.0. The minimum Gasteiger partial charge on any atom is -0.406 e. The summed E-state index contributed by atoms with van der Waals surface area (Å²) in [7, 11) is 0. The van der Waals surface area contributed by atoms with Crippen molar-refractivity contribution >= 4 is 0 Å². The monoisotopic (exact) mass is 404 g/mol. The molecule has 0 spiro atoms. The summed E-state index contributed by atoms with van der Waals surface area (Å²) in [5.74, 6) is 0.140. The summed E-state index contributed by atoms with van der Waals surface area (Å²) in [6, 6.07) is 5.49. The van der Waals surface area contributed by atoms with Crippen LogP contribution in [0, 0.1) is 11.8 Å². The predicted molar refractivity (Wildman–Crippen MR) is 94.6 cm³/mol. The van der Waals surface area contributed by atoms with Crippen molar-refractivity contribution in [3.05, 3.63) is 29.8 Å². The molecular formula is C20H27F3O5. The van der Waals surface area contributed by atoms with E-state index in [4.69, 9.17) is 18.9 Å². The van der Waals surface area contributed by atoms with Gasteiger partial charge >= 0.3 is 6.36 Å². The fourth-order valence-corrected chi connectivity index (χ4v) is 3.37. The van der Waals surface area contributed by atoms with Gasteiger partial charge in [-0.15, -0.1) is 13.2 Å². The van der Waals surface area contributed by atoms with Crippen LogP contribution in [-0.2, 0) is 18.9 Å². The number of rotatable bonds is 7. The van der Waals surface area contributed by atoms with Crippen LogP contribution in [0.4, 0.5) is 13.2 Å². The number of ether oxygens (including phenoxy) is 5. The summed E-state index contributed by atoms with van der Waals surface area (Å²) in [6.07, 6.45) is -0.923. The first-order valence-electron chi connectivity index (χ1n) is 9.76. The molecule has 3 rings (SSSR count). The van der Waals surface area contributed by atoms with E-state index in [0.717, 1.165) is 6.42 Å².